The van der Waals surface area contributed by atoms with E-state index < -0.39 is 58.5 Å². The van der Waals surface area contributed by atoms with Gasteiger partial charge in [-0.1, -0.05) is 123 Å². The van der Waals surface area contributed by atoms with E-state index in [1.54, 1.807) is 7.05 Å². The molecule has 1 unspecified atom stereocenters. The van der Waals surface area contributed by atoms with Crippen LogP contribution in [0.3, 0.4) is 0 Å². The number of rotatable bonds is 22. The molecule has 2 fully saturated rings. The van der Waals surface area contributed by atoms with Gasteiger partial charge in [0.25, 0.3) is 0 Å². The minimum atomic E-state index is -2.11. The molecule has 1 saturated heterocycles. The highest BCUT2D eigenvalue weighted by atomic mass is 16.2. The van der Waals surface area contributed by atoms with Crippen molar-refractivity contribution in [1.82, 2.24) is 15.5 Å². The molecule has 8 N–H and O–H groups in total. The van der Waals surface area contributed by atoms with Gasteiger partial charge in [-0.25, -0.2) is 0 Å². The van der Waals surface area contributed by atoms with Crippen molar-refractivity contribution in [3.63, 3.8) is 0 Å². The fourth-order valence-corrected chi connectivity index (χ4v) is 9.44. The first-order chi connectivity index (χ1) is 28.1. The van der Waals surface area contributed by atoms with Gasteiger partial charge >= 0.3 is 0 Å². The predicted molar refractivity (Wildman–Crippen MR) is 227 cm³/mol. The lowest BCUT2D eigenvalue weighted by Gasteiger charge is -2.48. The molecule has 3 aromatic rings. The maximum absolute atomic E-state index is 15.8. The van der Waals surface area contributed by atoms with E-state index in [1.807, 2.05) is 91.0 Å². The largest absolute Gasteiger partial charge is 0.343 e. The molecule has 5 atom stereocenters. The average molecular weight is 793 g/mol. The molecule has 0 radical (unpaired) electrons. The monoisotopic (exact) mass is 792 g/mol. The average Bonchev–Trinajstić information content (AvgIpc) is 3.75. The van der Waals surface area contributed by atoms with Gasteiger partial charge in [0, 0.05) is 6.54 Å². The molecular weight excluding hydrogens is 729 g/mol. The summed E-state index contributed by atoms with van der Waals surface area (Å²) >= 11 is 0. The first-order valence-corrected chi connectivity index (χ1v) is 21.3. The fraction of sp³-hybridized carbons (Fsp3) is 0.511. The number of likely N-dealkylation sites (N-methyl/N-ethyl adjacent to an activating group) is 1. The third-order valence-electron chi connectivity index (χ3n) is 12.5. The molecule has 2 amide bonds. The number of ketones is 2. The Morgan fingerprint density at radius 3 is 1.88 bits per heavy atom. The minimum Gasteiger partial charge on any atom is -0.343 e. The lowest BCUT2D eigenvalue weighted by molar-refractivity contribution is -0.154. The van der Waals surface area contributed by atoms with Gasteiger partial charge in [0.2, 0.25) is 11.8 Å². The van der Waals surface area contributed by atoms with Crippen LogP contribution in [0.2, 0.25) is 0 Å². The summed E-state index contributed by atoms with van der Waals surface area (Å²) in [5.74, 6) is -1.78. The molecule has 11 heteroatoms. The smallest absolute Gasteiger partial charge is 0.245 e. The van der Waals surface area contributed by atoms with Gasteiger partial charge in [-0.15, -0.1) is 0 Å². The third kappa shape index (κ3) is 10.5. The third-order valence-corrected chi connectivity index (χ3v) is 12.5. The van der Waals surface area contributed by atoms with Gasteiger partial charge < -0.3 is 37.5 Å². The Bertz CT molecular complexity index is 1750. The van der Waals surface area contributed by atoms with Crippen molar-refractivity contribution in [2.45, 2.75) is 120 Å². The first-order valence-electron chi connectivity index (χ1n) is 21.3. The molecule has 0 bridgehead atoms. The second-order valence-corrected chi connectivity index (χ2v) is 16.5. The minimum absolute atomic E-state index is 0.0679. The van der Waals surface area contributed by atoms with E-state index in [0.29, 0.717) is 38.6 Å². The zero-order valence-electron chi connectivity index (χ0n) is 34.2. The normalized spacial score (nSPS) is 18.8. The van der Waals surface area contributed by atoms with Crippen molar-refractivity contribution < 1.29 is 24.0 Å². The number of nitrogens with two attached hydrogens (primary N) is 3. The predicted octanol–water partition coefficient (Wildman–Crippen LogP) is 4.23. The highest BCUT2D eigenvalue weighted by molar-refractivity contribution is 6.19. The number of hydrogen-bond donors (Lipinski definition) is 5. The summed E-state index contributed by atoms with van der Waals surface area (Å²) in [4.78, 5) is 75.2. The van der Waals surface area contributed by atoms with E-state index in [0.717, 1.165) is 55.1 Å². The molecule has 0 spiro atoms. The molecule has 3 aromatic carbocycles. The first kappa shape index (κ1) is 44.6. The van der Waals surface area contributed by atoms with Crippen LogP contribution in [0.15, 0.2) is 91.0 Å². The van der Waals surface area contributed by atoms with Gasteiger partial charge in [0.05, 0.1) is 23.5 Å². The molecule has 5 rings (SSSR count). The number of nitrogens with zero attached hydrogens (tertiary/aromatic N) is 1. The molecular formula is C47H64N6O5. The number of benzene rings is 3. The van der Waals surface area contributed by atoms with E-state index in [9.17, 15) is 14.4 Å². The van der Waals surface area contributed by atoms with Crippen molar-refractivity contribution in [2.24, 2.45) is 28.5 Å². The van der Waals surface area contributed by atoms with Crippen LogP contribution in [0.4, 0.5) is 0 Å². The summed E-state index contributed by atoms with van der Waals surface area (Å²) in [5.41, 5.74) is 17.8. The molecule has 0 aromatic heterocycles. The van der Waals surface area contributed by atoms with Crippen molar-refractivity contribution in [1.29, 1.82) is 0 Å². The van der Waals surface area contributed by atoms with Crippen LogP contribution in [0.1, 0.15) is 87.3 Å². The number of unbranched alkanes of at least 4 members (excludes halogenated alkanes) is 1. The number of nitrogens with one attached hydrogen (secondary N) is 2. The molecule has 1 aliphatic carbocycles. The Morgan fingerprint density at radius 1 is 0.776 bits per heavy atom. The van der Waals surface area contributed by atoms with Crippen LogP contribution in [0, 0.1) is 11.3 Å². The van der Waals surface area contributed by atoms with Crippen LogP contribution in [0.5, 0.6) is 0 Å². The van der Waals surface area contributed by atoms with Crippen LogP contribution < -0.4 is 27.8 Å². The highest BCUT2D eigenvalue weighted by Gasteiger charge is 2.63. The van der Waals surface area contributed by atoms with E-state index in [-0.39, 0.29) is 38.1 Å². The van der Waals surface area contributed by atoms with Gasteiger partial charge in [-0.2, -0.15) is 0 Å². The standard InChI is InChI=1S/C47H64N6O5/c1-51-47(42(55)38(49)29-34-17-6-2-7-18-34,46(33-54,31-36-21-10-4-11-22-36)32-37-23-12-5-13-24-37)43(56)41-26-16-28-53(41)45(58)40(25-14-15-27-48)52-44(57)39(50)30-35-19-8-3-9-20-35/h3-5,8-13,19-24,33-34,38-41,51H,2,6-7,14-18,25-32,48-50H2,1H3,(H,52,57)/t38-,39+,40+,41+,47?/m1/s1. The lowest BCUT2D eigenvalue weighted by atomic mass is 9.57. The zero-order valence-corrected chi connectivity index (χ0v) is 34.2. The maximum Gasteiger partial charge on any atom is 0.245 e. The number of amides is 2. The lowest BCUT2D eigenvalue weighted by Crippen LogP contribution is -2.75. The zero-order chi connectivity index (χ0) is 41.5. The Morgan fingerprint density at radius 2 is 1.34 bits per heavy atom. The summed E-state index contributed by atoms with van der Waals surface area (Å²) in [6, 6.07) is 24.2. The maximum atomic E-state index is 15.8. The summed E-state index contributed by atoms with van der Waals surface area (Å²) < 4.78 is 0. The molecule has 2 aliphatic rings. The van der Waals surface area contributed by atoms with Crippen molar-refractivity contribution in [3.8, 4) is 0 Å². The van der Waals surface area contributed by atoms with Crippen molar-refractivity contribution in [2.75, 3.05) is 20.1 Å². The van der Waals surface area contributed by atoms with E-state index in [4.69, 9.17) is 17.2 Å². The molecule has 58 heavy (non-hydrogen) atoms. The Kier molecular flexibility index (Phi) is 16.5. The van der Waals surface area contributed by atoms with Crippen LogP contribution in [0.25, 0.3) is 0 Å². The number of carbonyl (C=O) groups excluding carboxylic acids is 5. The van der Waals surface area contributed by atoms with Crippen LogP contribution >= 0.6 is 0 Å². The van der Waals surface area contributed by atoms with Gasteiger partial charge in [0.15, 0.2) is 17.1 Å². The Hall–Kier alpha value is -4.55. The molecule has 1 aliphatic heterocycles. The van der Waals surface area contributed by atoms with Crippen molar-refractivity contribution >= 4 is 29.7 Å². The topological polar surface area (TPSA) is 191 Å². The second kappa shape index (κ2) is 21.5. The summed E-state index contributed by atoms with van der Waals surface area (Å²) in [6.45, 7) is 0.653. The number of carbonyl (C=O) groups is 5. The molecule has 11 nitrogen and oxygen atoms in total. The summed E-state index contributed by atoms with van der Waals surface area (Å²) in [5, 5.41) is 6.11. The van der Waals surface area contributed by atoms with Crippen LogP contribution in [-0.4, -0.2) is 84.4 Å². The van der Waals surface area contributed by atoms with E-state index >= 15 is 9.59 Å². The highest BCUT2D eigenvalue weighted by Crippen LogP contribution is 2.43. The van der Waals surface area contributed by atoms with Gasteiger partial charge in [-0.3, -0.25) is 19.2 Å². The van der Waals surface area contributed by atoms with Crippen molar-refractivity contribution in [3.05, 3.63) is 108 Å². The van der Waals surface area contributed by atoms with Crippen LogP contribution in [-0.2, 0) is 43.2 Å². The summed E-state index contributed by atoms with van der Waals surface area (Å²) in [7, 11) is 1.56. The molecule has 312 valence electrons. The van der Waals surface area contributed by atoms with Gasteiger partial charge in [0.1, 0.15) is 12.3 Å². The number of Topliss-reactive ketones (excluding diaryl/α,β-unsaturated/α-hetero) is 2. The van der Waals surface area contributed by atoms with Gasteiger partial charge in [-0.05, 0) is 94.0 Å². The van der Waals surface area contributed by atoms with E-state index in [2.05, 4.69) is 10.6 Å². The Labute approximate surface area is 344 Å². The SMILES string of the molecule is CNC(C(=O)[C@H](N)CC1CCCCC1)(C(=O)[C@@H]1CCCN1C(=O)[C@H](CCCCN)NC(=O)[C@@H](N)Cc1ccccc1)C(C=O)(Cc1ccccc1)Cc1ccccc1. The quantitative estimate of drug-likeness (QED) is 0.0564. The number of aldehydes is 1. The van der Waals surface area contributed by atoms with E-state index in [1.165, 1.54) is 4.90 Å². The molecule has 1 heterocycles. The fourth-order valence-electron chi connectivity index (χ4n) is 9.44. The second-order valence-electron chi connectivity index (χ2n) is 16.5. The summed E-state index contributed by atoms with van der Waals surface area (Å²) in [6.07, 6.45) is 9.00. The number of likely N-dealkylation sites (tertiary alicyclic amines) is 1. The molecule has 1 saturated carbocycles. The number of hydrogen-bond acceptors (Lipinski definition) is 9. The Balaban J connectivity index is 1.56.